The van der Waals surface area contributed by atoms with Crippen molar-refractivity contribution in [2.75, 3.05) is 20.7 Å². The maximum Gasteiger partial charge on any atom is 0.410 e. The van der Waals surface area contributed by atoms with Gasteiger partial charge in [-0.05, 0) is 33.6 Å². The SMILES string of the molecule is COC(=O)CCCCCN(C)C(=O)OC(C)(C)C. The Kier molecular flexibility index (Phi) is 7.39. The Balaban J connectivity index is 3.67. The van der Waals surface area contributed by atoms with E-state index in [9.17, 15) is 9.59 Å². The van der Waals surface area contributed by atoms with Gasteiger partial charge in [0.1, 0.15) is 5.60 Å². The van der Waals surface area contributed by atoms with Crippen molar-refractivity contribution in [2.24, 2.45) is 0 Å². The third-order valence-electron chi connectivity index (χ3n) is 2.31. The third-order valence-corrected chi connectivity index (χ3v) is 2.31. The summed E-state index contributed by atoms with van der Waals surface area (Å²) >= 11 is 0. The minimum atomic E-state index is -0.462. The van der Waals surface area contributed by atoms with Gasteiger partial charge in [-0.1, -0.05) is 6.42 Å². The van der Waals surface area contributed by atoms with Crippen molar-refractivity contribution in [3.8, 4) is 0 Å². The molecule has 0 saturated heterocycles. The first kappa shape index (κ1) is 16.7. The van der Waals surface area contributed by atoms with E-state index in [1.54, 1.807) is 11.9 Å². The number of ether oxygens (including phenoxy) is 2. The minimum Gasteiger partial charge on any atom is -0.469 e. The minimum absolute atomic E-state index is 0.185. The summed E-state index contributed by atoms with van der Waals surface area (Å²) in [6.07, 6.45) is 2.66. The predicted octanol–water partition coefficient (Wildman–Crippen LogP) is 2.59. The largest absolute Gasteiger partial charge is 0.469 e. The number of amides is 1. The number of carbonyl (C=O) groups excluding carboxylic acids is 2. The van der Waals surface area contributed by atoms with Gasteiger partial charge < -0.3 is 14.4 Å². The highest BCUT2D eigenvalue weighted by molar-refractivity contribution is 5.69. The molecular weight excluding hydrogens is 234 g/mol. The fourth-order valence-electron chi connectivity index (χ4n) is 1.33. The molecule has 0 bridgehead atoms. The van der Waals surface area contributed by atoms with Crippen molar-refractivity contribution in [1.29, 1.82) is 0 Å². The lowest BCUT2D eigenvalue weighted by Gasteiger charge is -2.24. The van der Waals surface area contributed by atoms with Gasteiger partial charge in [-0.15, -0.1) is 0 Å². The lowest BCUT2D eigenvalue weighted by molar-refractivity contribution is -0.140. The first-order chi connectivity index (χ1) is 8.26. The molecule has 0 aromatic heterocycles. The fraction of sp³-hybridized carbons (Fsp3) is 0.846. The number of esters is 1. The highest BCUT2D eigenvalue weighted by atomic mass is 16.6. The van der Waals surface area contributed by atoms with E-state index in [0.29, 0.717) is 13.0 Å². The van der Waals surface area contributed by atoms with E-state index in [2.05, 4.69) is 4.74 Å². The molecule has 0 heterocycles. The van der Waals surface area contributed by atoms with Crippen molar-refractivity contribution in [3.05, 3.63) is 0 Å². The summed E-state index contributed by atoms with van der Waals surface area (Å²) < 4.78 is 9.77. The third kappa shape index (κ3) is 8.84. The first-order valence-corrected chi connectivity index (χ1v) is 6.27. The van der Waals surface area contributed by atoms with Gasteiger partial charge in [0, 0.05) is 20.0 Å². The Morgan fingerprint density at radius 2 is 1.72 bits per heavy atom. The predicted molar refractivity (Wildman–Crippen MR) is 69.3 cm³/mol. The van der Waals surface area contributed by atoms with E-state index in [-0.39, 0.29) is 12.1 Å². The molecule has 0 aliphatic carbocycles. The van der Waals surface area contributed by atoms with E-state index >= 15 is 0 Å². The van der Waals surface area contributed by atoms with Crippen LogP contribution in [0.15, 0.2) is 0 Å². The van der Waals surface area contributed by atoms with E-state index in [0.717, 1.165) is 19.3 Å². The van der Waals surface area contributed by atoms with Crippen LogP contribution in [0.4, 0.5) is 4.79 Å². The van der Waals surface area contributed by atoms with Crippen LogP contribution in [-0.4, -0.2) is 43.3 Å². The van der Waals surface area contributed by atoms with Gasteiger partial charge in [-0.2, -0.15) is 0 Å². The molecule has 1 amide bonds. The molecule has 18 heavy (non-hydrogen) atoms. The average molecular weight is 259 g/mol. The van der Waals surface area contributed by atoms with E-state index in [1.807, 2.05) is 20.8 Å². The normalized spacial score (nSPS) is 10.9. The zero-order chi connectivity index (χ0) is 14.2. The molecule has 0 spiro atoms. The Morgan fingerprint density at radius 1 is 1.11 bits per heavy atom. The molecule has 5 nitrogen and oxygen atoms in total. The Hall–Kier alpha value is -1.26. The molecule has 0 aromatic carbocycles. The number of hydrogen-bond acceptors (Lipinski definition) is 4. The second kappa shape index (κ2) is 7.95. The number of unbranched alkanes of at least 4 members (excludes halogenated alkanes) is 2. The zero-order valence-corrected chi connectivity index (χ0v) is 12.1. The van der Waals surface area contributed by atoms with Crippen molar-refractivity contribution in [3.63, 3.8) is 0 Å². The quantitative estimate of drug-likeness (QED) is 0.543. The van der Waals surface area contributed by atoms with Crippen LogP contribution < -0.4 is 0 Å². The summed E-state index contributed by atoms with van der Waals surface area (Å²) in [4.78, 5) is 24.0. The van der Waals surface area contributed by atoms with Gasteiger partial charge >= 0.3 is 12.1 Å². The lowest BCUT2D eigenvalue weighted by atomic mass is 10.2. The monoisotopic (exact) mass is 259 g/mol. The van der Waals surface area contributed by atoms with Crippen LogP contribution in [0.1, 0.15) is 46.5 Å². The summed E-state index contributed by atoms with van der Waals surface area (Å²) in [6.45, 7) is 6.16. The van der Waals surface area contributed by atoms with Gasteiger partial charge in [0.15, 0.2) is 0 Å². The van der Waals surface area contributed by atoms with E-state index in [4.69, 9.17) is 4.74 Å². The number of rotatable bonds is 6. The van der Waals surface area contributed by atoms with Crippen LogP contribution in [0.5, 0.6) is 0 Å². The van der Waals surface area contributed by atoms with Crippen LogP contribution in [-0.2, 0) is 14.3 Å². The van der Waals surface area contributed by atoms with Crippen LogP contribution in [0.3, 0.4) is 0 Å². The highest BCUT2D eigenvalue weighted by Gasteiger charge is 2.18. The van der Waals surface area contributed by atoms with Crippen molar-refractivity contribution in [1.82, 2.24) is 4.90 Å². The fourth-order valence-corrected chi connectivity index (χ4v) is 1.33. The zero-order valence-electron chi connectivity index (χ0n) is 12.1. The smallest absolute Gasteiger partial charge is 0.410 e. The number of hydrogen-bond donors (Lipinski definition) is 0. The van der Waals surface area contributed by atoms with Gasteiger partial charge in [0.05, 0.1) is 7.11 Å². The van der Waals surface area contributed by atoms with Gasteiger partial charge in [-0.3, -0.25) is 4.79 Å². The molecule has 0 atom stereocenters. The van der Waals surface area contributed by atoms with Crippen molar-refractivity contribution in [2.45, 2.75) is 52.1 Å². The maximum absolute atomic E-state index is 11.6. The Bertz CT molecular complexity index is 271. The standard InChI is InChI=1S/C13H25NO4/c1-13(2,3)18-12(16)14(4)10-8-6-7-9-11(15)17-5/h6-10H2,1-5H3. The first-order valence-electron chi connectivity index (χ1n) is 6.27. The van der Waals surface area contributed by atoms with E-state index < -0.39 is 5.60 Å². The average Bonchev–Trinajstić information content (AvgIpc) is 2.25. The molecule has 5 heteroatoms. The van der Waals surface area contributed by atoms with Gasteiger partial charge in [-0.25, -0.2) is 4.79 Å². The molecule has 0 aliphatic rings. The number of nitrogens with zero attached hydrogens (tertiary/aromatic N) is 1. The topological polar surface area (TPSA) is 55.8 Å². The van der Waals surface area contributed by atoms with Crippen LogP contribution >= 0.6 is 0 Å². The van der Waals surface area contributed by atoms with Crippen LogP contribution in [0.25, 0.3) is 0 Å². The molecule has 0 radical (unpaired) electrons. The molecule has 106 valence electrons. The van der Waals surface area contributed by atoms with Crippen molar-refractivity contribution >= 4 is 12.1 Å². The van der Waals surface area contributed by atoms with Gasteiger partial charge in [0.25, 0.3) is 0 Å². The number of carbonyl (C=O) groups is 2. The van der Waals surface area contributed by atoms with Crippen molar-refractivity contribution < 1.29 is 19.1 Å². The molecular formula is C13H25NO4. The van der Waals surface area contributed by atoms with Crippen LogP contribution in [0, 0.1) is 0 Å². The molecule has 0 N–H and O–H groups in total. The molecule has 0 aromatic rings. The Morgan fingerprint density at radius 3 is 2.22 bits per heavy atom. The Labute approximate surface area is 109 Å². The summed E-state index contributed by atoms with van der Waals surface area (Å²) in [7, 11) is 3.10. The summed E-state index contributed by atoms with van der Waals surface area (Å²) in [5, 5.41) is 0. The second-order valence-electron chi connectivity index (χ2n) is 5.29. The highest BCUT2D eigenvalue weighted by Crippen LogP contribution is 2.10. The number of methoxy groups -OCH3 is 1. The van der Waals surface area contributed by atoms with Crippen LogP contribution in [0.2, 0.25) is 0 Å². The van der Waals surface area contributed by atoms with Gasteiger partial charge in [0.2, 0.25) is 0 Å². The summed E-state index contributed by atoms with van der Waals surface area (Å²) in [5.74, 6) is -0.185. The molecule has 0 fully saturated rings. The second-order valence-corrected chi connectivity index (χ2v) is 5.29. The maximum atomic E-state index is 11.6. The molecule has 0 rings (SSSR count). The summed E-state index contributed by atoms with van der Waals surface area (Å²) in [5.41, 5.74) is -0.462. The molecule has 0 unspecified atom stereocenters. The molecule has 0 aliphatic heterocycles. The summed E-state index contributed by atoms with van der Waals surface area (Å²) in [6, 6.07) is 0. The lowest BCUT2D eigenvalue weighted by Crippen LogP contribution is -2.34. The molecule has 0 saturated carbocycles. The van der Waals surface area contributed by atoms with E-state index in [1.165, 1.54) is 7.11 Å².